The van der Waals surface area contributed by atoms with Crippen LogP contribution in [-0.2, 0) is 4.79 Å². The Hall–Kier alpha value is -2.51. The van der Waals surface area contributed by atoms with Crippen molar-refractivity contribution in [2.24, 2.45) is 5.73 Å². The van der Waals surface area contributed by atoms with E-state index in [1.807, 2.05) is 54.0 Å². The second-order valence-corrected chi connectivity index (χ2v) is 6.65. The topological polar surface area (TPSA) is 83.0 Å². The number of benzene rings is 2. The molecule has 0 radical (unpaired) electrons. The number of carbonyl (C=O) groups is 1. The van der Waals surface area contributed by atoms with Gasteiger partial charge in [0.05, 0.1) is 17.4 Å². The second-order valence-electron chi connectivity index (χ2n) is 5.30. The van der Waals surface area contributed by atoms with Gasteiger partial charge in [0.1, 0.15) is 5.75 Å². The van der Waals surface area contributed by atoms with Gasteiger partial charge in [-0.2, -0.15) is 0 Å². The molecule has 0 spiro atoms. The molecule has 6 nitrogen and oxygen atoms in total. The number of hydrogen-bond acceptors (Lipinski definition) is 5. The van der Waals surface area contributed by atoms with Crippen LogP contribution in [0.5, 0.6) is 5.75 Å². The van der Waals surface area contributed by atoms with Gasteiger partial charge < -0.3 is 10.5 Å². The number of rotatable bonds is 7. The summed E-state index contributed by atoms with van der Waals surface area (Å²) in [7, 11) is 0. The Balaban J connectivity index is 2.08. The Morgan fingerprint density at radius 1 is 1.19 bits per heavy atom. The van der Waals surface area contributed by atoms with Gasteiger partial charge in [0.2, 0.25) is 5.91 Å². The van der Waals surface area contributed by atoms with E-state index >= 15 is 0 Å². The standard InChI is InChI=1S/C18H17ClN4O2S/c1-2-25-13-9-7-12(8-10-13)23-17(14-5-3-4-6-15(14)19)21-22-18(23)26-11-16(20)24/h3-10H,2,11H2,1H3,(H2,20,24). The average Bonchev–Trinajstić information content (AvgIpc) is 3.05. The first-order chi connectivity index (χ1) is 12.6. The van der Waals surface area contributed by atoms with Crippen molar-refractivity contribution < 1.29 is 9.53 Å². The van der Waals surface area contributed by atoms with Crippen molar-refractivity contribution in [3.8, 4) is 22.8 Å². The molecule has 0 bridgehead atoms. The molecule has 8 heteroatoms. The summed E-state index contributed by atoms with van der Waals surface area (Å²) >= 11 is 7.57. The zero-order valence-corrected chi connectivity index (χ0v) is 15.6. The molecular weight excluding hydrogens is 372 g/mol. The molecule has 0 atom stereocenters. The molecule has 0 aliphatic carbocycles. The van der Waals surface area contributed by atoms with Crippen LogP contribution in [0.3, 0.4) is 0 Å². The zero-order chi connectivity index (χ0) is 18.5. The van der Waals surface area contributed by atoms with Gasteiger partial charge in [-0.15, -0.1) is 10.2 Å². The lowest BCUT2D eigenvalue weighted by atomic mass is 10.2. The van der Waals surface area contributed by atoms with Crippen molar-refractivity contribution in [3.05, 3.63) is 53.6 Å². The van der Waals surface area contributed by atoms with Crippen molar-refractivity contribution in [1.82, 2.24) is 14.8 Å². The molecule has 0 fully saturated rings. The van der Waals surface area contributed by atoms with Crippen molar-refractivity contribution in [1.29, 1.82) is 0 Å². The Labute approximate surface area is 160 Å². The molecule has 26 heavy (non-hydrogen) atoms. The molecule has 1 aromatic heterocycles. The van der Waals surface area contributed by atoms with Crippen LogP contribution in [0.15, 0.2) is 53.7 Å². The van der Waals surface area contributed by atoms with E-state index in [9.17, 15) is 4.79 Å². The van der Waals surface area contributed by atoms with Gasteiger partial charge >= 0.3 is 0 Å². The number of ether oxygens (including phenoxy) is 1. The minimum Gasteiger partial charge on any atom is -0.494 e. The SMILES string of the molecule is CCOc1ccc(-n2c(SCC(N)=O)nnc2-c2ccccc2Cl)cc1. The predicted molar refractivity (Wildman–Crippen MR) is 103 cm³/mol. The predicted octanol–water partition coefficient (Wildman–Crippen LogP) is 3.56. The van der Waals surface area contributed by atoms with Crippen LogP contribution in [0.25, 0.3) is 17.1 Å². The molecule has 2 aromatic carbocycles. The quantitative estimate of drug-likeness (QED) is 0.625. The van der Waals surface area contributed by atoms with Crippen LogP contribution in [0, 0.1) is 0 Å². The van der Waals surface area contributed by atoms with Crippen LogP contribution in [0.2, 0.25) is 5.02 Å². The summed E-state index contributed by atoms with van der Waals surface area (Å²) in [6, 6.07) is 15.0. The highest BCUT2D eigenvalue weighted by atomic mass is 35.5. The van der Waals surface area contributed by atoms with Crippen LogP contribution >= 0.6 is 23.4 Å². The molecular formula is C18H17ClN4O2S. The summed E-state index contributed by atoms with van der Waals surface area (Å²) in [6.45, 7) is 2.53. The first-order valence-electron chi connectivity index (χ1n) is 7.94. The molecule has 2 N–H and O–H groups in total. The first kappa shape index (κ1) is 18.3. The van der Waals surface area contributed by atoms with E-state index in [0.29, 0.717) is 22.6 Å². The maximum absolute atomic E-state index is 11.2. The lowest BCUT2D eigenvalue weighted by Gasteiger charge is -2.12. The maximum Gasteiger partial charge on any atom is 0.227 e. The van der Waals surface area contributed by atoms with Gasteiger partial charge in [-0.25, -0.2) is 0 Å². The van der Waals surface area contributed by atoms with Gasteiger partial charge in [0.25, 0.3) is 0 Å². The van der Waals surface area contributed by atoms with E-state index in [0.717, 1.165) is 17.0 Å². The van der Waals surface area contributed by atoms with Gasteiger partial charge in [0, 0.05) is 11.3 Å². The van der Waals surface area contributed by atoms with Crippen molar-refractivity contribution in [2.75, 3.05) is 12.4 Å². The molecule has 0 aliphatic heterocycles. The van der Waals surface area contributed by atoms with Crippen LogP contribution in [-0.4, -0.2) is 33.0 Å². The Kier molecular flexibility index (Phi) is 5.80. The molecule has 0 unspecified atom stereocenters. The van der Waals surface area contributed by atoms with E-state index < -0.39 is 5.91 Å². The number of nitrogens with two attached hydrogens (primary N) is 1. The highest BCUT2D eigenvalue weighted by Crippen LogP contribution is 2.32. The van der Waals surface area contributed by atoms with E-state index in [1.54, 1.807) is 6.07 Å². The van der Waals surface area contributed by atoms with Crippen molar-refractivity contribution >= 4 is 29.3 Å². The number of halogens is 1. The lowest BCUT2D eigenvalue weighted by Crippen LogP contribution is -2.13. The highest BCUT2D eigenvalue weighted by Gasteiger charge is 2.18. The first-order valence-corrected chi connectivity index (χ1v) is 9.31. The number of hydrogen-bond donors (Lipinski definition) is 1. The molecule has 0 saturated carbocycles. The second kappa shape index (κ2) is 8.25. The molecule has 134 valence electrons. The monoisotopic (exact) mass is 388 g/mol. The number of aromatic nitrogens is 3. The van der Waals surface area contributed by atoms with Gasteiger partial charge in [-0.1, -0.05) is 35.5 Å². The summed E-state index contributed by atoms with van der Waals surface area (Å²) in [5.41, 5.74) is 6.85. The fourth-order valence-electron chi connectivity index (χ4n) is 2.41. The molecule has 1 heterocycles. The molecule has 3 rings (SSSR count). The summed E-state index contributed by atoms with van der Waals surface area (Å²) in [5.74, 6) is 1.05. The van der Waals surface area contributed by atoms with Crippen molar-refractivity contribution in [2.45, 2.75) is 12.1 Å². The average molecular weight is 389 g/mol. The van der Waals surface area contributed by atoms with Gasteiger partial charge in [-0.05, 0) is 43.3 Å². The van der Waals surface area contributed by atoms with Crippen LogP contribution in [0.4, 0.5) is 0 Å². The lowest BCUT2D eigenvalue weighted by molar-refractivity contribution is -0.115. The number of amides is 1. The largest absolute Gasteiger partial charge is 0.494 e. The van der Waals surface area contributed by atoms with Gasteiger partial charge in [0.15, 0.2) is 11.0 Å². The van der Waals surface area contributed by atoms with E-state index in [4.69, 9.17) is 22.1 Å². The molecule has 0 aliphatic rings. The summed E-state index contributed by atoms with van der Waals surface area (Å²) < 4.78 is 7.35. The van der Waals surface area contributed by atoms with E-state index in [1.165, 1.54) is 11.8 Å². The van der Waals surface area contributed by atoms with E-state index in [-0.39, 0.29) is 5.75 Å². The number of carbonyl (C=O) groups excluding carboxylic acids is 1. The smallest absolute Gasteiger partial charge is 0.227 e. The summed E-state index contributed by atoms with van der Waals surface area (Å²) in [5, 5.41) is 9.63. The van der Waals surface area contributed by atoms with E-state index in [2.05, 4.69) is 10.2 Å². The van der Waals surface area contributed by atoms with Gasteiger partial charge in [-0.3, -0.25) is 9.36 Å². The third-order valence-electron chi connectivity index (χ3n) is 3.50. The maximum atomic E-state index is 11.2. The molecule has 0 saturated heterocycles. The number of nitrogens with zero attached hydrogens (tertiary/aromatic N) is 3. The van der Waals surface area contributed by atoms with Crippen molar-refractivity contribution in [3.63, 3.8) is 0 Å². The third kappa shape index (κ3) is 4.00. The minimum atomic E-state index is -0.421. The minimum absolute atomic E-state index is 0.109. The highest BCUT2D eigenvalue weighted by molar-refractivity contribution is 7.99. The summed E-state index contributed by atoms with van der Waals surface area (Å²) in [6.07, 6.45) is 0. The van der Waals surface area contributed by atoms with Crippen LogP contribution in [0.1, 0.15) is 6.92 Å². The fourth-order valence-corrected chi connectivity index (χ4v) is 3.32. The fraction of sp³-hybridized carbons (Fsp3) is 0.167. The Bertz CT molecular complexity index is 912. The normalized spacial score (nSPS) is 10.7. The summed E-state index contributed by atoms with van der Waals surface area (Å²) in [4.78, 5) is 11.2. The molecule has 3 aromatic rings. The number of thioether (sulfide) groups is 1. The number of primary amides is 1. The third-order valence-corrected chi connectivity index (χ3v) is 4.78. The Morgan fingerprint density at radius 2 is 1.92 bits per heavy atom. The van der Waals surface area contributed by atoms with Crippen LogP contribution < -0.4 is 10.5 Å². The molecule has 1 amide bonds. The zero-order valence-electron chi connectivity index (χ0n) is 14.1. The Morgan fingerprint density at radius 3 is 2.58 bits per heavy atom.